The first kappa shape index (κ1) is 12.9. The van der Waals surface area contributed by atoms with E-state index in [4.69, 9.17) is 5.73 Å². The summed E-state index contributed by atoms with van der Waals surface area (Å²) in [5.41, 5.74) is 5.74. The van der Waals surface area contributed by atoms with E-state index in [-0.39, 0.29) is 11.9 Å². The molecule has 2 N–H and O–H groups in total. The second kappa shape index (κ2) is 5.85. The molecular weight excluding hydrogens is 212 g/mol. The zero-order valence-electron chi connectivity index (χ0n) is 11.0. The number of carbonyl (C=O) groups is 1. The van der Waals surface area contributed by atoms with E-state index in [2.05, 4.69) is 4.90 Å². The van der Waals surface area contributed by atoms with Crippen molar-refractivity contribution in [3.05, 3.63) is 0 Å². The fourth-order valence-electron chi connectivity index (χ4n) is 2.88. The van der Waals surface area contributed by atoms with E-state index in [1.54, 1.807) is 0 Å². The summed E-state index contributed by atoms with van der Waals surface area (Å²) in [4.78, 5) is 14.3. The Kier molecular flexibility index (Phi) is 4.43. The summed E-state index contributed by atoms with van der Waals surface area (Å²) in [6, 6.07) is 0.540. The van der Waals surface area contributed by atoms with Crippen molar-refractivity contribution in [2.45, 2.75) is 70.4 Å². The number of nitrogens with zero attached hydrogens (tertiary/aromatic N) is 1. The summed E-state index contributed by atoms with van der Waals surface area (Å²) in [6.07, 6.45) is 9.64. The Balaban J connectivity index is 1.85. The van der Waals surface area contributed by atoms with Crippen LogP contribution < -0.4 is 5.73 Å². The van der Waals surface area contributed by atoms with Gasteiger partial charge in [-0.25, -0.2) is 0 Å². The van der Waals surface area contributed by atoms with Crippen LogP contribution in [0.3, 0.4) is 0 Å². The molecule has 17 heavy (non-hydrogen) atoms. The van der Waals surface area contributed by atoms with Gasteiger partial charge in [0.05, 0.1) is 0 Å². The van der Waals surface area contributed by atoms with Gasteiger partial charge in [-0.3, -0.25) is 4.79 Å². The summed E-state index contributed by atoms with van der Waals surface area (Å²) in [5, 5.41) is 0. The van der Waals surface area contributed by atoms with Crippen LogP contribution >= 0.6 is 0 Å². The predicted octanol–water partition coefficient (Wildman–Crippen LogP) is 2.29. The van der Waals surface area contributed by atoms with Gasteiger partial charge in [-0.2, -0.15) is 0 Å². The number of hydrogen-bond acceptors (Lipinski definition) is 2. The molecule has 1 unspecified atom stereocenters. The van der Waals surface area contributed by atoms with Crippen LogP contribution in [-0.4, -0.2) is 29.4 Å². The molecule has 0 aromatic heterocycles. The second-order valence-electron chi connectivity index (χ2n) is 5.96. The average Bonchev–Trinajstić information content (AvgIpc) is 3.10. The van der Waals surface area contributed by atoms with Gasteiger partial charge < -0.3 is 10.6 Å². The topological polar surface area (TPSA) is 46.3 Å². The van der Waals surface area contributed by atoms with Crippen molar-refractivity contribution < 1.29 is 4.79 Å². The zero-order chi connectivity index (χ0) is 12.3. The highest BCUT2D eigenvalue weighted by molar-refractivity contribution is 5.77. The molecule has 1 atom stereocenters. The third kappa shape index (κ3) is 3.98. The normalized spacial score (nSPS) is 23.4. The van der Waals surface area contributed by atoms with Crippen LogP contribution in [0.2, 0.25) is 0 Å². The molecule has 0 bridgehead atoms. The Bertz CT molecular complexity index is 255. The fraction of sp³-hybridized carbons (Fsp3) is 0.929. The molecule has 0 saturated heterocycles. The molecule has 0 aromatic rings. The summed E-state index contributed by atoms with van der Waals surface area (Å²) in [5.74, 6) is 1.04. The van der Waals surface area contributed by atoms with Gasteiger partial charge in [0.1, 0.15) is 0 Å². The maximum Gasteiger partial charge on any atom is 0.224 e. The molecule has 2 saturated carbocycles. The molecule has 0 aromatic carbocycles. The number of rotatable bonds is 5. The van der Waals surface area contributed by atoms with Gasteiger partial charge in [0.2, 0.25) is 5.91 Å². The van der Waals surface area contributed by atoms with E-state index in [1.807, 2.05) is 6.92 Å². The summed E-state index contributed by atoms with van der Waals surface area (Å²) in [6.45, 7) is 2.92. The highest BCUT2D eigenvalue weighted by atomic mass is 16.2. The molecule has 1 amide bonds. The molecule has 0 spiro atoms. The maximum absolute atomic E-state index is 12.2. The maximum atomic E-state index is 12.2. The summed E-state index contributed by atoms with van der Waals surface area (Å²) in [7, 11) is 0. The van der Waals surface area contributed by atoms with Crippen molar-refractivity contribution in [3.63, 3.8) is 0 Å². The van der Waals surface area contributed by atoms with Crippen LogP contribution in [0.15, 0.2) is 0 Å². The number of carbonyl (C=O) groups excluding carboxylic acids is 1. The number of hydrogen-bond donors (Lipinski definition) is 1. The summed E-state index contributed by atoms with van der Waals surface area (Å²) < 4.78 is 0. The van der Waals surface area contributed by atoms with E-state index in [0.29, 0.717) is 12.5 Å². The first-order valence-electron chi connectivity index (χ1n) is 7.22. The van der Waals surface area contributed by atoms with Crippen molar-refractivity contribution in [2.75, 3.05) is 6.54 Å². The highest BCUT2D eigenvalue weighted by Crippen LogP contribution is 2.31. The fourth-order valence-corrected chi connectivity index (χ4v) is 2.88. The Morgan fingerprint density at radius 1 is 1.24 bits per heavy atom. The lowest BCUT2D eigenvalue weighted by atomic mass is 9.89. The molecule has 0 radical (unpaired) electrons. The average molecular weight is 238 g/mol. The van der Waals surface area contributed by atoms with E-state index < -0.39 is 0 Å². The van der Waals surface area contributed by atoms with Crippen molar-refractivity contribution in [3.8, 4) is 0 Å². The van der Waals surface area contributed by atoms with E-state index in [0.717, 1.165) is 12.5 Å². The lowest BCUT2D eigenvalue weighted by Gasteiger charge is -2.30. The third-order valence-electron chi connectivity index (χ3n) is 3.98. The predicted molar refractivity (Wildman–Crippen MR) is 69.6 cm³/mol. The SMILES string of the molecule is CC(N)CC(=O)N(CC1CCCCC1)C1CC1. The zero-order valence-corrected chi connectivity index (χ0v) is 11.0. The minimum atomic E-state index is -0.00453. The largest absolute Gasteiger partial charge is 0.339 e. The molecule has 2 aliphatic rings. The summed E-state index contributed by atoms with van der Waals surface area (Å²) >= 11 is 0. The lowest BCUT2D eigenvalue weighted by Crippen LogP contribution is -2.40. The lowest BCUT2D eigenvalue weighted by molar-refractivity contribution is -0.132. The van der Waals surface area contributed by atoms with Gasteiger partial charge in [0.15, 0.2) is 0 Å². The second-order valence-corrected chi connectivity index (χ2v) is 5.96. The van der Waals surface area contributed by atoms with Crippen LogP contribution in [0.1, 0.15) is 58.3 Å². The Hall–Kier alpha value is -0.570. The van der Waals surface area contributed by atoms with Gasteiger partial charge in [0, 0.05) is 25.0 Å². The van der Waals surface area contributed by atoms with Crippen LogP contribution in [0.4, 0.5) is 0 Å². The van der Waals surface area contributed by atoms with Crippen molar-refractivity contribution >= 4 is 5.91 Å². The van der Waals surface area contributed by atoms with Gasteiger partial charge >= 0.3 is 0 Å². The Morgan fingerprint density at radius 2 is 1.88 bits per heavy atom. The molecule has 0 aliphatic heterocycles. The van der Waals surface area contributed by atoms with Crippen LogP contribution in [-0.2, 0) is 4.79 Å². The van der Waals surface area contributed by atoms with Gasteiger partial charge in [-0.05, 0) is 38.5 Å². The molecule has 3 heteroatoms. The van der Waals surface area contributed by atoms with Crippen molar-refractivity contribution in [1.29, 1.82) is 0 Å². The first-order chi connectivity index (χ1) is 8.16. The van der Waals surface area contributed by atoms with E-state index in [9.17, 15) is 4.79 Å². The van der Waals surface area contributed by atoms with Gasteiger partial charge in [-0.15, -0.1) is 0 Å². The van der Waals surface area contributed by atoms with E-state index >= 15 is 0 Å². The standard InChI is InChI=1S/C14H26N2O/c1-11(15)9-14(17)16(13-7-8-13)10-12-5-3-2-4-6-12/h11-13H,2-10,15H2,1H3. The quantitative estimate of drug-likeness (QED) is 0.799. The molecule has 98 valence electrons. The molecule has 2 rings (SSSR count). The Labute approximate surface area is 105 Å². The molecule has 2 fully saturated rings. The number of amides is 1. The Morgan fingerprint density at radius 3 is 2.41 bits per heavy atom. The van der Waals surface area contributed by atoms with Crippen molar-refractivity contribution in [2.24, 2.45) is 11.7 Å². The monoisotopic (exact) mass is 238 g/mol. The van der Waals surface area contributed by atoms with E-state index in [1.165, 1.54) is 44.9 Å². The van der Waals surface area contributed by atoms with Gasteiger partial charge in [0.25, 0.3) is 0 Å². The minimum absolute atomic E-state index is 0.00453. The molecular formula is C14H26N2O. The number of nitrogens with two attached hydrogens (primary N) is 1. The molecule has 3 nitrogen and oxygen atoms in total. The van der Waals surface area contributed by atoms with Gasteiger partial charge in [-0.1, -0.05) is 19.3 Å². The molecule has 2 aliphatic carbocycles. The third-order valence-corrected chi connectivity index (χ3v) is 3.98. The molecule has 0 heterocycles. The van der Waals surface area contributed by atoms with Crippen LogP contribution in [0.25, 0.3) is 0 Å². The van der Waals surface area contributed by atoms with Crippen molar-refractivity contribution in [1.82, 2.24) is 4.90 Å². The minimum Gasteiger partial charge on any atom is -0.339 e. The smallest absolute Gasteiger partial charge is 0.224 e. The first-order valence-corrected chi connectivity index (χ1v) is 7.22. The van der Waals surface area contributed by atoms with Crippen LogP contribution in [0.5, 0.6) is 0 Å². The highest BCUT2D eigenvalue weighted by Gasteiger charge is 2.34. The van der Waals surface area contributed by atoms with Crippen LogP contribution in [0, 0.1) is 5.92 Å².